The Hall–Kier alpha value is -1.46. The number of amides is 1. The van der Waals surface area contributed by atoms with Crippen molar-refractivity contribution in [3.05, 3.63) is 30.1 Å². The maximum atomic E-state index is 12.4. The van der Waals surface area contributed by atoms with Crippen molar-refractivity contribution < 1.29 is 14.3 Å². The van der Waals surface area contributed by atoms with Gasteiger partial charge in [0.2, 0.25) is 5.91 Å². The number of carbonyl (C=O) groups excluding carboxylic acids is 1. The van der Waals surface area contributed by atoms with Gasteiger partial charge in [-0.1, -0.05) is 0 Å². The van der Waals surface area contributed by atoms with Gasteiger partial charge in [-0.05, 0) is 37.5 Å². The van der Waals surface area contributed by atoms with Crippen LogP contribution in [0, 0.1) is 0 Å². The van der Waals surface area contributed by atoms with Gasteiger partial charge in [0.25, 0.3) is 0 Å². The second-order valence-corrected chi connectivity index (χ2v) is 5.21. The zero-order valence-corrected chi connectivity index (χ0v) is 12.7. The fourth-order valence-electron chi connectivity index (χ4n) is 2.46. The second-order valence-electron chi connectivity index (χ2n) is 5.21. The van der Waals surface area contributed by atoms with Gasteiger partial charge in [0, 0.05) is 38.7 Å². The van der Waals surface area contributed by atoms with Crippen LogP contribution in [0.3, 0.4) is 0 Å². The van der Waals surface area contributed by atoms with Crippen LogP contribution in [0.4, 0.5) is 0 Å². The van der Waals surface area contributed by atoms with E-state index in [2.05, 4.69) is 4.98 Å². The van der Waals surface area contributed by atoms with Crippen LogP contribution in [0.5, 0.6) is 0 Å². The van der Waals surface area contributed by atoms with E-state index in [-0.39, 0.29) is 12.0 Å². The summed E-state index contributed by atoms with van der Waals surface area (Å²) in [4.78, 5) is 18.3. The first-order valence-electron chi connectivity index (χ1n) is 7.65. The first-order chi connectivity index (χ1) is 10.3. The zero-order valence-electron chi connectivity index (χ0n) is 12.7. The van der Waals surface area contributed by atoms with Gasteiger partial charge in [-0.2, -0.15) is 0 Å². The smallest absolute Gasteiger partial charge is 0.225 e. The zero-order chi connectivity index (χ0) is 14.9. The molecule has 0 aromatic carbocycles. The summed E-state index contributed by atoms with van der Waals surface area (Å²) >= 11 is 0. The molecule has 0 N–H and O–H groups in total. The number of nitrogens with zero attached hydrogens (tertiary/aromatic N) is 2. The quantitative estimate of drug-likeness (QED) is 0.688. The van der Waals surface area contributed by atoms with E-state index in [1.165, 1.54) is 0 Å². The van der Waals surface area contributed by atoms with Gasteiger partial charge in [-0.15, -0.1) is 0 Å². The summed E-state index contributed by atoms with van der Waals surface area (Å²) in [6, 6.07) is 3.89. The number of aromatic nitrogens is 1. The summed E-state index contributed by atoms with van der Waals surface area (Å²) in [7, 11) is 0. The molecule has 5 nitrogen and oxygen atoms in total. The first kappa shape index (κ1) is 15.9. The van der Waals surface area contributed by atoms with Crippen molar-refractivity contribution in [1.29, 1.82) is 0 Å². The fourth-order valence-corrected chi connectivity index (χ4v) is 2.46. The number of carbonyl (C=O) groups is 1. The van der Waals surface area contributed by atoms with Gasteiger partial charge in [0.15, 0.2) is 0 Å². The Morgan fingerprint density at radius 3 is 2.95 bits per heavy atom. The molecule has 1 unspecified atom stereocenters. The molecule has 5 heteroatoms. The molecule has 1 saturated heterocycles. The topological polar surface area (TPSA) is 51.7 Å². The predicted octanol–water partition coefficient (Wildman–Crippen LogP) is 2.02. The highest BCUT2D eigenvalue weighted by atomic mass is 16.5. The third-order valence-electron chi connectivity index (χ3n) is 3.59. The van der Waals surface area contributed by atoms with Gasteiger partial charge in [-0.25, -0.2) is 0 Å². The van der Waals surface area contributed by atoms with E-state index in [9.17, 15) is 4.79 Å². The Morgan fingerprint density at radius 2 is 2.29 bits per heavy atom. The third-order valence-corrected chi connectivity index (χ3v) is 3.59. The van der Waals surface area contributed by atoms with Crippen LogP contribution in [-0.4, -0.2) is 48.3 Å². The molecule has 1 amide bonds. The number of hydrogen-bond acceptors (Lipinski definition) is 4. The van der Waals surface area contributed by atoms with Gasteiger partial charge < -0.3 is 14.4 Å². The molecule has 0 radical (unpaired) electrons. The van der Waals surface area contributed by atoms with Crippen molar-refractivity contribution in [3.63, 3.8) is 0 Å². The van der Waals surface area contributed by atoms with Crippen molar-refractivity contribution in [1.82, 2.24) is 9.88 Å². The summed E-state index contributed by atoms with van der Waals surface area (Å²) in [6.07, 6.45) is 6.22. The van der Waals surface area contributed by atoms with Crippen molar-refractivity contribution in [2.24, 2.45) is 0 Å². The first-order valence-corrected chi connectivity index (χ1v) is 7.65. The Morgan fingerprint density at radius 1 is 1.48 bits per heavy atom. The molecule has 0 spiro atoms. The average Bonchev–Trinajstić information content (AvgIpc) is 3.01. The summed E-state index contributed by atoms with van der Waals surface area (Å²) < 4.78 is 10.9. The summed E-state index contributed by atoms with van der Waals surface area (Å²) in [5.41, 5.74) is 1.09. The highest BCUT2D eigenvalue weighted by Gasteiger charge is 2.22. The van der Waals surface area contributed by atoms with Crippen LogP contribution < -0.4 is 0 Å². The highest BCUT2D eigenvalue weighted by molar-refractivity contribution is 5.76. The third kappa shape index (κ3) is 5.44. The normalized spacial score (nSPS) is 17.9. The molecule has 1 aliphatic rings. The minimum atomic E-state index is 0.121. The van der Waals surface area contributed by atoms with Crippen LogP contribution in [0.15, 0.2) is 24.5 Å². The lowest BCUT2D eigenvalue weighted by Gasteiger charge is -2.25. The lowest BCUT2D eigenvalue weighted by Crippen LogP contribution is -2.37. The fraction of sp³-hybridized carbons (Fsp3) is 0.625. The van der Waals surface area contributed by atoms with Crippen LogP contribution in [-0.2, 0) is 20.8 Å². The Balaban J connectivity index is 1.93. The van der Waals surface area contributed by atoms with E-state index in [0.717, 1.165) is 25.0 Å². The molecule has 0 bridgehead atoms. The molecule has 0 aliphatic carbocycles. The second kappa shape index (κ2) is 8.74. The van der Waals surface area contributed by atoms with E-state index >= 15 is 0 Å². The lowest BCUT2D eigenvalue weighted by atomic mass is 10.2. The molecule has 0 saturated carbocycles. The molecule has 1 aromatic heterocycles. The Bertz CT molecular complexity index is 419. The molecule has 1 atom stereocenters. The van der Waals surface area contributed by atoms with Crippen LogP contribution in [0.25, 0.3) is 0 Å². The number of hydrogen-bond donors (Lipinski definition) is 0. The molecule has 2 heterocycles. The molecule has 2 rings (SSSR count). The number of pyridine rings is 1. The maximum Gasteiger partial charge on any atom is 0.225 e. The molecule has 1 aromatic rings. The van der Waals surface area contributed by atoms with Crippen molar-refractivity contribution in [2.75, 3.05) is 26.4 Å². The van der Waals surface area contributed by atoms with Crippen LogP contribution >= 0.6 is 0 Å². The van der Waals surface area contributed by atoms with Gasteiger partial charge in [0.05, 0.1) is 19.1 Å². The van der Waals surface area contributed by atoms with Gasteiger partial charge >= 0.3 is 0 Å². The maximum absolute atomic E-state index is 12.4. The Kier molecular flexibility index (Phi) is 6.63. The highest BCUT2D eigenvalue weighted by Crippen LogP contribution is 2.15. The van der Waals surface area contributed by atoms with Crippen LogP contribution in [0.1, 0.15) is 31.7 Å². The average molecular weight is 292 g/mol. The van der Waals surface area contributed by atoms with E-state index < -0.39 is 0 Å². The minimum Gasteiger partial charge on any atom is -0.381 e. The Labute approximate surface area is 126 Å². The minimum absolute atomic E-state index is 0.121. The molecule has 21 heavy (non-hydrogen) atoms. The predicted molar refractivity (Wildman–Crippen MR) is 79.7 cm³/mol. The molecule has 1 fully saturated rings. The summed E-state index contributed by atoms with van der Waals surface area (Å²) in [6.45, 7) is 5.13. The van der Waals surface area contributed by atoms with Gasteiger partial charge in [0.1, 0.15) is 0 Å². The van der Waals surface area contributed by atoms with Crippen molar-refractivity contribution in [3.8, 4) is 0 Å². The van der Waals surface area contributed by atoms with E-state index in [0.29, 0.717) is 32.7 Å². The molecular weight excluding hydrogens is 268 g/mol. The monoisotopic (exact) mass is 292 g/mol. The molecule has 116 valence electrons. The molecular formula is C16H24N2O3. The number of rotatable bonds is 8. The summed E-state index contributed by atoms with van der Waals surface area (Å²) in [5, 5.41) is 0. The molecule has 1 aliphatic heterocycles. The summed E-state index contributed by atoms with van der Waals surface area (Å²) in [5.74, 6) is 0.121. The van der Waals surface area contributed by atoms with E-state index in [1.807, 2.05) is 24.0 Å². The largest absolute Gasteiger partial charge is 0.381 e. The number of ether oxygens (including phenoxy) is 2. The van der Waals surface area contributed by atoms with Crippen molar-refractivity contribution in [2.45, 2.75) is 38.8 Å². The van der Waals surface area contributed by atoms with Gasteiger partial charge in [-0.3, -0.25) is 9.78 Å². The van der Waals surface area contributed by atoms with Crippen LogP contribution in [0.2, 0.25) is 0 Å². The van der Waals surface area contributed by atoms with E-state index in [4.69, 9.17) is 9.47 Å². The van der Waals surface area contributed by atoms with E-state index in [1.54, 1.807) is 12.4 Å². The lowest BCUT2D eigenvalue weighted by molar-refractivity contribution is -0.134. The SMILES string of the molecule is CCOCCC(=O)N(Cc1ccncc1)CC1CCCO1. The standard InChI is InChI=1S/C16H24N2O3/c1-2-20-11-7-16(19)18(13-15-4-3-10-21-15)12-14-5-8-17-9-6-14/h5-6,8-9,15H,2-4,7,10-13H2,1H3. The van der Waals surface area contributed by atoms with Crippen molar-refractivity contribution >= 4 is 5.91 Å².